The molecule has 5 rings (SSSR count). The van der Waals surface area contributed by atoms with E-state index in [2.05, 4.69) is 65.8 Å². The molecule has 3 N–H and O–H groups in total. The number of fused-ring (bicyclic) bond motifs is 1. The predicted molar refractivity (Wildman–Crippen MR) is 150 cm³/mol. The van der Waals surface area contributed by atoms with Crippen molar-refractivity contribution in [1.82, 2.24) is 40.5 Å². The molecule has 0 saturated heterocycles. The number of imidazole rings is 1. The lowest BCUT2D eigenvalue weighted by Gasteiger charge is -2.35. The minimum Gasteiger partial charge on any atom is -0.348 e. The second-order valence-electron chi connectivity index (χ2n) is 10.1. The lowest BCUT2D eigenvalue weighted by atomic mass is 9.90. The number of aromatic nitrogens is 5. The van der Waals surface area contributed by atoms with Crippen molar-refractivity contribution in [3.8, 4) is 0 Å². The van der Waals surface area contributed by atoms with Gasteiger partial charge in [0.1, 0.15) is 12.2 Å². The molecule has 0 spiro atoms. The van der Waals surface area contributed by atoms with Gasteiger partial charge >= 0.3 is 0 Å². The molecule has 3 heterocycles. The molecule has 4 aromatic rings. The van der Waals surface area contributed by atoms with Gasteiger partial charge < -0.3 is 15.6 Å². The standard InChI is InChI=1S/C30H36N8O/c1-21-28(22(2)37-20-36-21)30(39)35-17-23-8-10-24(11-9-23)19-38(16-15-31-18-27-32-13-14-33-27)26-7-3-5-25-6-4-12-34-29(25)26/h4,6,8-14,20,26,31H,3,5,7,15-19H2,1-2H3,(H,32,33)(H,35,39). The Labute approximate surface area is 229 Å². The van der Waals surface area contributed by atoms with Crippen LogP contribution in [0.25, 0.3) is 0 Å². The highest BCUT2D eigenvalue weighted by molar-refractivity contribution is 5.96. The van der Waals surface area contributed by atoms with Gasteiger partial charge in [0.15, 0.2) is 0 Å². The molecule has 9 heteroatoms. The van der Waals surface area contributed by atoms with Crippen LogP contribution in [0.3, 0.4) is 0 Å². The molecular weight excluding hydrogens is 488 g/mol. The number of H-pyrrole nitrogens is 1. The topological polar surface area (TPSA) is 112 Å². The highest BCUT2D eigenvalue weighted by Crippen LogP contribution is 2.33. The Balaban J connectivity index is 1.23. The third-order valence-electron chi connectivity index (χ3n) is 7.34. The zero-order valence-corrected chi connectivity index (χ0v) is 22.7. The average molecular weight is 525 g/mol. The van der Waals surface area contributed by atoms with Crippen molar-refractivity contribution in [2.75, 3.05) is 13.1 Å². The van der Waals surface area contributed by atoms with Crippen LogP contribution in [0, 0.1) is 13.8 Å². The monoisotopic (exact) mass is 524 g/mol. The van der Waals surface area contributed by atoms with Crippen LogP contribution in [0.1, 0.15) is 68.8 Å². The van der Waals surface area contributed by atoms with Crippen LogP contribution >= 0.6 is 0 Å². The highest BCUT2D eigenvalue weighted by Gasteiger charge is 2.27. The van der Waals surface area contributed by atoms with Gasteiger partial charge in [0, 0.05) is 44.8 Å². The number of carbonyl (C=O) groups excluding carboxylic acids is 1. The fourth-order valence-electron chi connectivity index (χ4n) is 5.30. The average Bonchev–Trinajstić information content (AvgIpc) is 3.47. The summed E-state index contributed by atoms with van der Waals surface area (Å²) in [4.78, 5) is 35.8. The van der Waals surface area contributed by atoms with Crippen LogP contribution in [-0.2, 0) is 26.1 Å². The van der Waals surface area contributed by atoms with Gasteiger partial charge in [-0.05, 0) is 55.9 Å². The SMILES string of the molecule is Cc1ncnc(C)c1C(=O)NCc1ccc(CN(CCNCc2ncc[nH]2)C2CCCc3cccnc32)cc1. The number of benzene rings is 1. The van der Waals surface area contributed by atoms with Crippen molar-refractivity contribution in [3.05, 3.63) is 106 Å². The van der Waals surface area contributed by atoms with Gasteiger partial charge in [0.2, 0.25) is 0 Å². The van der Waals surface area contributed by atoms with E-state index in [1.165, 1.54) is 29.6 Å². The van der Waals surface area contributed by atoms with Gasteiger partial charge in [-0.1, -0.05) is 30.3 Å². The molecule has 1 atom stereocenters. The molecule has 0 bridgehead atoms. The van der Waals surface area contributed by atoms with Gasteiger partial charge in [0.05, 0.1) is 35.2 Å². The maximum atomic E-state index is 12.7. The summed E-state index contributed by atoms with van der Waals surface area (Å²) in [7, 11) is 0. The maximum absolute atomic E-state index is 12.7. The van der Waals surface area contributed by atoms with E-state index < -0.39 is 0 Å². The second kappa shape index (κ2) is 12.7. The molecule has 1 aromatic carbocycles. The molecule has 1 amide bonds. The van der Waals surface area contributed by atoms with E-state index in [4.69, 9.17) is 4.98 Å². The zero-order valence-electron chi connectivity index (χ0n) is 22.7. The van der Waals surface area contributed by atoms with E-state index in [1.807, 2.05) is 32.3 Å². The van der Waals surface area contributed by atoms with Gasteiger partial charge in [-0.15, -0.1) is 0 Å². The summed E-state index contributed by atoms with van der Waals surface area (Å²) < 4.78 is 0. The molecular formula is C30H36N8O. The number of aryl methyl sites for hydroxylation is 3. The first-order valence-corrected chi connectivity index (χ1v) is 13.6. The summed E-state index contributed by atoms with van der Waals surface area (Å²) in [5.41, 5.74) is 6.79. The van der Waals surface area contributed by atoms with Gasteiger partial charge in [-0.25, -0.2) is 15.0 Å². The molecule has 3 aromatic heterocycles. The van der Waals surface area contributed by atoms with E-state index >= 15 is 0 Å². The molecule has 0 aliphatic heterocycles. The molecule has 202 valence electrons. The molecule has 9 nitrogen and oxygen atoms in total. The van der Waals surface area contributed by atoms with E-state index in [0.717, 1.165) is 50.4 Å². The first kappa shape index (κ1) is 26.6. The van der Waals surface area contributed by atoms with E-state index in [1.54, 1.807) is 6.20 Å². The van der Waals surface area contributed by atoms with Crippen molar-refractivity contribution in [2.45, 2.75) is 58.8 Å². The van der Waals surface area contributed by atoms with Crippen LogP contribution in [0.2, 0.25) is 0 Å². The molecule has 0 radical (unpaired) electrons. The minimum atomic E-state index is -0.147. The highest BCUT2D eigenvalue weighted by atomic mass is 16.1. The number of rotatable bonds is 11. The number of aromatic amines is 1. The van der Waals surface area contributed by atoms with E-state index in [9.17, 15) is 4.79 Å². The Morgan fingerprint density at radius 3 is 2.56 bits per heavy atom. The van der Waals surface area contributed by atoms with E-state index in [0.29, 0.717) is 29.5 Å². The number of amides is 1. The second-order valence-corrected chi connectivity index (χ2v) is 10.1. The van der Waals surface area contributed by atoms with Crippen molar-refractivity contribution in [1.29, 1.82) is 0 Å². The van der Waals surface area contributed by atoms with Crippen LogP contribution in [0.5, 0.6) is 0 Å². The van der Waals surface area contributed by atoms with Gasteiger partial charge in [0.25, 0.3) is 5.91 Å². The smallest absolute Gasteiger partial charge is 0.255 e. The lowest BCUT2D eigenvalue weighted by Crippen LogP contribution is -2.36. The Kier molecular flexibility index (Phi) is 8.70. The summed E-state index contributed by atoms with van der Waals surface area (Å²) in [6, 6.07) is 13.1. The minimum absolute atomic E-state index is 0.147. The van der Waals surface area contributed by atoms with Crippen LogP contribution < -0.4 is 10.6 Å². The third kappa shape index (κ3) is 6.74. The number of nitrogens with zero attached hydrogens (tertiary/aromatic N) is 5. The molecule has 1 aliphatic carbocycles. The summed E-state index contributed by atoms with van der Waals surface area (Å²) in [6.45, 7) is 7.41. The molecule has 0 fully saturated rings. The summed E-state index contributed by atoms with van der Waals surface area (Å²) >= 11 is 0. The quantitative estimate of drug-likeness (QED) is 0.256. The van der Waals surface area contributed by atoms with Crippen LogP contribution in [-0.4, -0.2) is 48.8 Å². The Hall–Kier alpha value is -3.95. The summed E-state index contributed by atoms with van der Waals surface area (Å²) in [6.07, 6.45) is 10.4. The Morgan fingerprint density at radius 1 is 1.00 bits per heavy atom. The molecule has 1 unspecified atom stereocenters. The number of hydrogen-bond donors (Lipinski definition) is 3. The number of pyridine rings is 1. The summed E-state index contributed by atoms with van der Waals surface area (Å²) in [5, 5.41) is 6.53. The summed E-state index contributed by atoms with van der Waals surface area (Å²) in [5.74, 6) is 0.797. The number of carbonyl (C=O) groups is 1. The number of hydrogen-bond acceptors (Lipinski definition) is 7. The van der Waals surface area contributed by atoms with E-state index in [-0.39, 0.29) is 5.91 Å². The lowest BCUT2D eigenvalue weighted by molar-refractivity contribution is 0.0948. The fourth-order valence-corrected chi connectivity index (χ4v) is 5.30. The first-order valence-electron chi connectivity index (χ1n) is 13.6. The zero-order chi connectivity index (χ0) is 27.0. The van der Waals surface area contributed by atoms with Crippen LogP contribution in [0.4, 0.5) is 0 Å². The number of nitrogens with one attached hydrogen (secondary N) is 3. The van der Waals surface area contributed by atoms with Gasteiger partial charge in [-0.2, -0.15) is 0 Å². The van der Waals surface area contributed by atoms with Crippen LogP contribution in [0.15, 0.2) is 61.3 Å². The first-order chi connectivity index (χ1) is 19.1. The largest absolute Gasteiger partial charge is 0.348 e. The van der Waals surface area contributed by atoms with Gasteiger partial charge in [-0.3, -0.25) is 14.7 Å². The van der Waals surface area contributed by atoms with Crippen molar-refractivity contribution in [3.63, 3.8) is 0 Å². The third-order valence-corrected chi connectivity index (χ3v) is 7.34. The molecule has 0 saturated carbocycles. The molecule has 1 aliphatic rings. The Bertz CT molecular complexity index is 1350. The fraction of sp³-hybridized carbons (Fsp3) is 0.367. The van der Waals surface area contributed by atoms with Crippen molar-refractivity contribution in [2.24, 2.45) is 0 Å². The predicted octanol–water partition coefficient (Wildman–Crippen LogP) is 3.81. The Morgan fingerprint density at radius 2 is 1.79 bits per heavy atom. The van der Waals surface area contributed by atoms with Crippen molar-refractivity contribution >= 4 is 5.91 Å². The van der Waals surface area contributed by atoms with Crippen molar-refractivity contribution < 1.29 is 4.79 Å². The molecule has 39 heavy (non-hydrogen) atoms. The maximum Gasteiger partial charge on any atom is 0.255 e. The normalized spacial score (nSPS) is 14.8.